The molecule has 19 heavy (non-hydrogen) atoms. The largest absolute Gasteiger partial charge is 0.508 e. The molecule has 0 saturated carbocycles. The Morgan fingerprint density at radius 2 is 1.68 bits per heavy atom. The van der Waals surface area contributed by atoms with E-state index in [9.17, 15) is 5.11 Å². The molecule has 1 heterocycles. The average Bonchev–Trinajstić information content (AvgIpc) is 2.91. The number of rotatable bonds is 3. The number of aromatic hydroxyl groups is 1. The first-order valence-electron chi connectivity index (χ1n) is 5.88. The van der Waals surface area contributed by atoms with Crippen molar-refractivity contribution < 1.29 is 5.11 Å². The van der Waals surface area contributed by atoms with E-state index < -0.39 is 0 Å². The van der Waals surface area contributed by atoms with Gasteiger partial charge in [-0.2, -0.15) is 0 Å². The second-order valence-corrected chi connectivity index (χ2v) is 5.10. The van der Waals surface area contributed by atoms with Gasteiger partial charge in [-0.25, -0.2) is 4.98 Å². The van der Waals surface area contributed by atoms with E-state index in [-0.39, 0.29) is 5.75 Å². The number of phenols is 1. The molecule has 2 N–H and O–H groups in total. The quantitative estimate of drug-likeness (QED) is 0.698. The van der Waals surface area contributed by atoms with Gasteiger partial charge < -0.3 is 10.4 Å². The third-order valence-corrected chi connectivity index (χ3v) is 3.64. The molecule has 0 saturated heterocycles. The normalized spacial score (nSPS) is 10.3. The summed E-state index contributed by atoms with van der Waals surface area (Å²) in [6.07, 6.45) is 1.86. The summed E-state index contributed by atoms with van der Waals surface area (Å²) in [5, 5.41) is 13.3. The molecule has 0 aliphatic carbocycles. The van der Waals surface area contributed by atoms with Crippen molar-refractivity contribution in [2.75, 3.05) is 5.32 Å². The Hall–Kier alpha value is -2.33. The lowest BCUT2D eigenvalue weighted by atomic mass is 10.2. The van der Waals surface area contributed by atoms with Gasteiger partial charge in [0.25, 0.3) is 0 Å². The molecule has 0 aliphatic rings. The van der Waals surface area contributed by atoms with E-state index in [2.05, 4.69) is 22.4 Å². The SMILES string of the molecule is Oc1ccc(Nc2ncc(-c3ccccc3)s2)cc1. The van der Waals surface area contributed by atoms with E-state index >= 15 is 0 Å². The molecular formula is C15H12N2OS. The molecule has 4 heteroatoms. The Morgan fingerprint density at radius 1 is 0.947 bits per heavy atom. The van der Waals surface area contributed by atoms with Crippen LogP contribution in [-0.4, -0.2) is 10.1 Å². The fraction of sp³-hybridized carbons (Fsp3) is 0. The molecule has 0 fully saturated rings. The van der Waals surface area contributed by atoms with Crippen molar-refractivity contribution in [3.8, 4) is 16.2 Å². The van der Waals surface area contributed by atoms with Crippen LogP contribution in [0.5, 0.6) is 5.75 Å². The molecule has 0 bridgehead atoms. The topological polar surface area (TPSA) is 45.1 Å². The molecule has 2 aromatic carbocycles. The molecule has 3 nitrogen and oxygen atoms in total. The van der Waals surface area contributed by atoms with Gasteiger partial charge >= 0.3 is 0 Å². The van der Waals surface area contributed by atoms with Gasteiger partial charge in [0.1, 0.15) is 5.75 Å². The van der Waals surface area contributed by atoms with Crippen molar-refractivity contribution in [3.63, 3.8) is 0 Å². The van der Waals surface area contributed by atoms with E-state index in [4.69, 9.17) is 0 Å². The Morgan fingerprint density at radius 3 is 2.42 bits per heavy atom. The summed E-state index contributed by atoms with van der Waals surface area (Å²) in [6, 6.07) is 17.1. The first kappa shape index (κ1) is 11.7. The highest BCUT2D eigenvalue weighted by atomic mass is 32.1. The summed E-state index contributed by atoms with van der Waals surface area (Å²) in [6.45, 7) is 0. The number of anilines is 2. The van der Waals surface area contributed by atoms with Gasteiger partial charge in [0.05, 0.1) is 4.88 Å². The van der Waals surface area contributed by atoms with Crippen molar-refractivity contribution >= 4 is 22.2 Å². The van der Waals surface area contributed by atoms with Gasteiger partial charge in [0.15, 0.2) is 5.13 Å². The minimum Gasteiger partial charge on any atom is -0.508 e. The standard InChI is InChI=1S/C15H12N2OS/c18-13-8-6-12(7-9-13)17-15-16-10-14(19-15)11-4-2-1-3-5-11/h1-10,18H,(H,16,17). The van der Waals surface area contributed by atoms with Crippen LogP contribution < -0.4 is 5.32 Å². The second-order valence-electron chi connectivity index (χ2n) is 4.07. The smallest absolute Gasteiger partial charge is 0.187 e. The fourth-order valence-corrected chi connectivity index (χ4v) is 2.58. The molecule has 94 valence electrons. The van der Waals surface area contributed by atoms with Crippen LogP contribution in [0.15, 0.2) is 60.8 Å². The van der Waals surface area contributed by atoms with E-state index in [0.29, 0.717) is 0 Å². The molecule has 0 spiro atoms. The predicted octanol–water partition coefficient (Wildman–Crippen LogP) is 4.26. The Bertz CT molecular complexity index is 662. The average molecular weight is 268 g/mol. The van der Waals surface area contributed by atoms with Crippen LogP contribution in [0.1, 0.15) is 0 Å². The molecule has 0 aliphatic heterocycles. The number of phenolic OH excluding ortho intramolecular Hbond substituents is 1. The molecular weight excluding hydrogens is 256 g/mol. The molecule has 1 aromatic heterocycles. The lowest BCUT2D eigenvalue weighted by molar-refractivity contribution is 0.475. The van der Waals surface area contributed by atoms with Crippen LogP contribution in [0.4, 0.5) is 10.8 Å². The van der Waals surface area contributed by atoms with E-state index in [1.807, 2.05) is 36.5 Å². The van der Waals surface area contributed by atoms with Gasteiger partial charge in [0, 0.05) is 11.9 Å². The zero-order valence-electron chi connectivity index (χ0n) is 10.1. The minimum absolute atomic E-state index is 0.259. The van der Waals surface area contributed by atoms with Crippen molar-refractivity contribution in [2.24, 2.45) is 0 Å². The third-order valence-electron chi connectivity index (χ3n) is 2.68. The van der Waals surface area contributed by atoms with Crippen LogP contribution in [0.25, 0.3) is 10.4 Å². The number of nitrogens with one attached hydrogen (secondary N) is 1. The maximum atomic E-state index is 9.23. The maximum Gasteiger partial charge on any atom is 0.187 e. The highest BCUT2D eigenvalue weighted by Gasteiger charge is 2.04. The third kappa shape index (κ3) is 2.74. The van der Waals surface area contributed by atoms with Crippen molar-refractivity contribution in [1.82, 2.24) is 4.98 Å². The Balaban J connectivity index is 1.80. The number of benzene rings is 2. The zero-order chi connectivity index (χ0) is 13.1. The van der Waals surface area contributed by atoms with Gasteiger partial charge in [0.2, 0.25) is 0 Å². The molecule has 3 rings (SSSR count). The summed E-state index contributed by atoms with van der Waals surface area (Å²) in [4.78, 5) is 5.48. The molecule has 0 radical (unpaired) electrons. The van der Waals surface area contributed by atoms with Gasteiger partial charge in [-0.3, -0.25) is 0 Å². The lowest BCUT2D eigenvalue weighted by Crippen LogP contribution is -1.87. The Labute approximate surface area is 115 Å². The number of thiazole rings is 1. The summed E-state index contributed by atoms with van der Waals surface area (Å²) >= 11 is 1.60. The minimum atomic E-state index is 0.259. The maximum absolute atomic E-state index is 9.23. The molecule has 0 atom stereocenters. The highest BCUT2D eigenvalue weighted by molar-refractivity contribution is 7.18. The molecule has 0 unspecified atom stereocenters. The van der Waals surface area contributed by atoms with Crippen molar-refractivity contribution in [2.45, 2.75) is 0 Å². The predicted molar refractivity (Wildman–Crippen MR) is 78.9 cm³/mol. The van der Waals surface area contributed by atoms with Gasteiger partial charge in [-0.15, -0.1) is 0 Å². The van der Waals surface area contributed by atoms with Crippen LogP contribution >= 0.6 is 11.3 Å². The summed E-state index contributed by atoms with van der Waals surface area (Å²) in [5.41, 5.74) is 2.07. The van der Waals surface area contributed by atoms with Crippen LogP contribution in [0, 0.1) is 0 Å². The number of hydrogen-bond acceptors (Lipinski definition) is 4. The van der Waals surface area contributed by atoms with Gasteiger partial charge in [-0.05, 0) is 29.8 Å². The monoisotopic (exact) mass is 268 g/mol. The number of nitrogens with zero attached hydrogens (tertiary/aromatic N) is 1. The zero-order valence-corrected chi connectivity index (χ0v) is 10.9. The second kappa shape index (κ2) is 5.12. The number of hydrogen-bond donors (Lipinski definition) is 2. The Kier molecular flexibility index (Phi) is 3.16. The van der Waals surface area contributed by atoms with E-state index in [1.54, 1.807) is 23.5 Å². The van der Waals surface area contributed by atoms with E-state index in [1.165, 1.54) is 5.56 Å². The van der Waals surface area contributed by atoms with E-state index in [0.717, 1.165) is 15.7 Å². The van der Waals surface area contributed by atoms with Crippen molar-refractivity contribution in [1.29, 1.82) is 0 Å². The molecule has 0 amide bonds. The fourth-order valence-electron chi connectivity index (χ4n) is 1.74. The lowest BCUT2D eigenvalue weighted by Gasteiger charge is -2.01. The number of aromatic nitrogens is 1. The van der Waals surface area contributed by atoms with Crippen LogP contribution in [0.3, 0.4) is 0 Å². The summed E-state index contributed by atoms with van der Waals surface area (Å²) < 4.78 is 0. The molecule has 3 aromatic rings. The summed E-state index contributed by atoms with van der Waals surface area (Å²) in [7, 11) is 0. The van der Waals surface area contributed by atoms with Crippen LogP contribution in [-0.2, 0) is 0 Å². The summed E-state index contributed by atoms with van der Waals surface area (Å²) in [5.74, 6) is 0.259. The first-order chi connectivity index (χ1) is 9.31. The van der Waals surface area contributed by atoms with Crippen LogP contribution in [0.2, 0.25) is 0 Å². The van der Waals surface area contributed by atoms with Gasteiger partial charge in [-0.1, -0.05) is 41.7 Å². The highest BCUT2D eigenvalue weighted by Crippen LogP contribution is 2.30. The first-order valence-corrected chi connectivity index (χ1v) is 6.70. The van der Waals surface area contributed by atoms with Crippen molar-refractivity contribution in [3.05, 3.63) is 60.8 Å².